The van der Waals surface area contributed by atoms with Crippen LogP contribution in [0.25, 0.3) is 0 Å². The van der Waals surface area contributed by atoms with Gasteiger partial charge in [0.2, 0.25) is 27.6 Å². The van der Waals surface area contributed by atoms with Crippen molar-refractivity contribution in [3.8, 4) is 0 Å². The summed E-state index contributed by atoms with van der Waals surface area (Å²) in [5.41, 5.74) is 2.47. The number of primary amides is 1. The number of carbonyl (C=O) groups is 5. The Hall–Kier alpha value is -4.27. The first kappa shape index (κ1) is 43.3. The summed E-state index contributed by atoms with van der Waals surface area (Å²) in [5.74, 6) is -5.45. The third kappa shape index (κ3) is 9.77. The average Bonchev–Trinajstić information content (AvgIpc) is 3.97. The van der Waals surface area contributed by atoms with Gasteiger partial charge in [0.15, 0.2) is 9.84 Å². The number of nitrogens with two attached hydrogens (primary N) is 1. The number of carbonyl (C=O) groups excluding carboxylic acids is 5. The van der Waals surface area contributed by atoms with Crippen molar-refractivity contribution in [2.24, 2.45) is 11.7 Å². The van der Waals surface area contributed by atoms with E-state index in [0.717, 1.165) is 57.8 Å². The van der Waals surface area contributed by atoms with Crippen LogP contribution in [0.4, 0.5) is 0 Å². The molecule has 318 valence electrons. The molecule has 3 atom stereocenters. The van der Waals surface area contributed by atoms with E-state index in [2.05, 4.69) is 25.7 Å². The average molecular weight is 847 g/mol. The minimum Gasteiger partial charge on any atom is -0.384 e. The van der Waals surface area contributed by atoms with Crippen LogP contribution in [0.5, 0.6) is 0 Å². The normalized spacial score (nSPS) is 23.3. The Bertz CT molecular complexity index is 2090. The summed E-state index contributed by atoms with van der Waals surface area (Å²) in [5, 5.41) is 24.5. The molecule has 6 N–H and O–H groups in total. The van der Waals surface area contributed by atoms with Gasteiger partial charge < -0.3 is 26.4 Å². The fourth-order valence-corrected chi connectivity index (χ4v) is 11.6. The number of nitrogens with one attached hydrogen (secondary N) is 3. The van der Waals surface area contributed by atoms with Gasteiger partial charge in [0.1, 0.15) is 23.2 Å². The zero-order valence-corrected chi connectivity index (χ0v) is 34.5. The number of amides is 4. The van der Waals surface area contributed by atoms with E-state index in [1.807, 2.05) is 0 Å². The van der Waals surface area contributed by atoms with Crippen LogP contribution in [0.1, 0.15) is 119 Å². The zero-order chi connectivity index (χ0) is 42.0. The summed E-state index contributed by atoms with van der Waals surface area (Å²) >= 11 is 0. The Morgan fingerprint density at radius 2 is 1.60 bits per heavy atom. The molecule has 0 spiro atoms. The lowest BCUT2D eigenvalue weighted by Gasteiger charge is -2.37. The molecule has 6 rings (SSSR count). The first-order valence-corrected chi connectivity index (χ1v) is 23.3. The molecular formula is C38H54N8O10S2. The standard InChI is InChI=1S/C38H54N8O10S2/c1-37(2,52)31-22-40-44-46(31)27-21-30(35(50)42-38(32(47)33(39)48)16-18-57(53,54)19-17-38)45(23-27)36(51)29(20-24-8-4-3-5-9-24)41-34(49)25-12-14-28(15-13-25)58(55,56)43-26-10-6-7-11-26/h12-15,22,24,26-27,29-30,43,52H,3-11,16-21,23H2,1-2H3,(H2,39,48)(H,41,49)(H,42,50)/t27-,29?,30+/m1/s1. The van der Waals surface area contributed by atoms with E-state index in [9.17, 15) is 45.9 Å². The molecule has 4 amide bonds. The lowest BCUT2D eigenvalue weighted by molar-refractivity contribution is -0.145. The van der Waals surface area contributed by atoms with Gasteiger partial charge in [0.25, 0.3) is 11.8 Å². The molecule has 2 aromatic rings. The van der Waals surface area contributed by atoms with Crippen molar-refractivity contribution in [1.29, 1.82) is 0 Å². The highest BCUT2D eigenvalue weighted by atomic mass is 32.2. The number of hydrogen-bond donors (Lipinski definition) is 5. The van der Waals surface area contributed by atoms with Gasteiger partial charge in [-0.05, 0) is 76.1 Å². The van der Waals surface area contributed by atoms with Crippen LogP contribution in [-0.4, -0.2) is 113 Å². The Morgan fingerprint density at radius 3 is 2.21 bits per heavy atom. The van der Waals surface area contributed by atoms with Crippen LogP contribution in [0.2, 0.25) is 0 Å². The van der Waals surface area contributed by atoms with Gasteiger partial charge in [-0.3, -0.25) is 24.0 Å². The second-order valence-corrected chi connectivity index (χ2v) is 20.8. The largest absolute Gasteiger partial charge is 0.384 e. The molecule has 4 aliphatic rings. The van der Waals surface area contributed by atoms with Gasteiger partial charge >= 0.3 is 0 Å². The Labute approximate surface area is 338 Å². The third-order valence-electron chi connectivity index (χ3n) is 12.1. The topological polar surface area (TPSA) is 270 Å². The monoisotopic (exact) mass is 846 g/mol. The van der Waals surface area contributed by atoms with Gasteiger partial charge in [-0.2, -0.15) is 0 Å². The van der Waals surface area contributed by atoms with Crippen molar-refractivity contribution in [1.82, 2.24) is 35.2 Å². The summed E-state index contributed by atoms with van der Waals surface area (Å²) in [7, 11) is -7.38. The quantitative estimate of drug-likeness (QED) is 0.165. The molecule has 20 heteroatoms. The van der Waals surface area contributed by atoms with Crippen LogP contribution in [0, 0.1) is 5.92 Å². The number of hydrogen-bond acceptors (Lipinski definition) is 12. The van der Waals surface area contributed by atoms with Crippen molar-refractivity contribution >= 4 is 49.3 Å². The third-order valence-corrected chi connectivity index (χ3v) is 15.3. The van der Waals surface area contributed by atoms with E-state index < -0.39 is 103 Å². The summed E-state index contributed by atoms with van der Waals surface area (Å²) in [6.45, 7) is 2.95. The van der Waals surface area contributed by atoms with Gasteiger partial charge in [0.05, 0.1) is 34.3 Å². The number of aromatic nitrogens is 3. The number of rotatable bonds is 14. The van der Waals surface area contributed by atoms with Gasteiger partial charge in [0, 0.05) is 24.6 Å². The van der Waals surface area contributed by atoms with Gasteiger partial charge in [-0.15, -0.1) is 5.10 Å². The maximum Gasteiger partial charge on any atom is 0.287 e. The molecule has 2 saturated heterocycles. The summed E-state index contributed by atoms with van der Waals surface area (Å²) in [6.07, 6.45) is 8.73. The molecule has 0 radical (unpaired) electrons. The molecule has 1 aromatic heterocycles. The molecular weight excluding hydrogens is 793 g/mol. The minimum absolute atomic E-state index is 0.00411. The number of Topliss-reactive ketones (excluding diaryl/α,β-unsaturated/α-hetero) is 1. The molecule has 58 heavy (non-hydrogen) atoms. The maximum absolute atomic E-state index is 14.9. The molecule has 4 fully saturated rings. The maximum atomic E-state index is 14.9. The second kappa shape index (κ2) is 17.1. The molecule has 0 bridgehead atoms. The van der Waals surface area contributed by atoms with Crippen LogP contribution in [0.3, 0.4) is 0 Å². The molecule has 1 aromatic carbocycles. The number of aliphatic hydroxyl groups is 1. The number of likely N-dealkylation sites (tertiary alicyclic amines) is 1. The summed E-state index contributed by atoms with van der Waals surface area (Å²) in [6, 6.07) is 2.15. The lowest BCUT2D eigenvalue weighted by Crippen LogP contribution is -2.64. The van der Waals surface area contributed by atoms with E-state index in [4.69, 9.17) is 5.73 Å². The molecule has 1 unspecified atom stereocenters. The Morgan fingerprint density at radius 1 is 0.983 bits per heavy atom. The second-order valence-electron chi connectivity index (χ2n) is 16.8. The highest BCUT2D eigenvalue weighted by Gasteiger charge is 2.51. The fourth-order valence-electron chi connectivity index (χ4n) is 8.82. The first-order chi connectivity index (χ1) is 27.3. The van der Waals surface area contributed by atoms with Crippen molar-refractivity contribution < 1.29 is 45.9 Å². The van der Waals surface area contributed by atoms with Crippen LogP contribution < -0.4 is 21.1 Å². The number of sulfone groups is 1. The van der Waals surface area contributed by atoms with Gasteiger partial charge in [-0.1, -0.05) is 50.2 Å². The Kier molecular flexibility index (Phi) is 12.8. The minimum atomic E-state index is -3.82. The van der Waals surface area contributed by atoms with E-state index in [0.29, 0.717) is 5.69 Å². The Balaban J connectivity index is 1.30. The van der Waals surface area contributed by atoms with E-state index in [-0.39, 0.29) is 41.8 Å². The highest BCUT2D eigenvalue weighted by Crippen LogP contribution is 2.35. The molecule has 2 saturated carbocycles. The molecule has 2 aliphatic carbocycles. The van der Waals surface area contributed by atoms with Crippen molar-refractivity contribution in [2.75, 3.05) is 18.1 Å². The molecule has 18 nitrogen and oxygen atoms in total. The van der Waals surface area contributed by atoms with E-state index in [1.165, 1.54) is 53.9 Å². The van der Waals surface area contributed by atoms with Crippen LogP contribution in [-0.2, 0) is 44.6 Å². The van der Waals surface area contributed by atoms with E-state index >= 15 is 0 Å². The highest BCUT2D eigenvalue weighted by molar-refractivity contribution is 7.91. The molecule has 2 aliphatic heterocycles. The van der Waals surface area contributed by atoms with Crippen molar-refractivity contribution in [3.63, 3.8) is 0 Å². The number of ketones is 1. The van der Waals surface area contributed by atoms with E-state index in [1.54, 1.807) is 0 Å². The smallest absolute Gasteiger partial charge is 0.287 e. The molecule has 3 heterocycles. The van der Waals surface area contributed by atoms with Crippen molar-refractivity contribution in [2.45, 2.75) is 138 Å². The lowest BCUT2D eigenvalue weighted by atomic mass is 9.84. The van der Waals surface area contributed by atoms with Crippen LogP contribution in [0.15, 0.2) is 35.4 Å². The predicted octanol–water partition coefficient (Wildman–Crippen LogP) is 0.755. The summed E-state index contributed by atoms with van der Waals surface area (Å²) < 4.78 is 54.9. The SMILES string of the molecule is CC(C)(O)c1cnnn1[C@@H]1C[C@@H](C(=O)NC2(C(=O)C(N)=O)CCS(=O)(=O)CC2)N(C(=O)C(CC2CCCCC2)NC(=O)c2ccc(S(=O)(=O)NC3CCCC3)cc2)C1. The van der Waals surface area contributed by atoms with Crippen molar-refractivity contribution in [3.05, 3.63) is 41.7 Å². The fraction of sp³-hybridized carbons (Fsp3) is 0.658. The summed E-state index contributed by atoms with van der Waals surface area (Å²) in [4.78, 5) is 69.9. The number of sulfonamides is 1. The van der Waals surface area contributed by atoms with Crippen LogP contribution >= 0.6 is 0 Å². The number of benzene rings is 1. The number of nitrogens with zero attached hydrogens (tertiary/aromatic N) is 4. The first-order valence-electron chi connectivity index (χ1n) is 20.0. The zero-order valence-electron chi connectivity index (χ0n) is 32.9. The predicted molar refractivity (Wildman–Crippen MR) is 209 cm³/mol. The van der Waals surface area contributed by atoms with Gasteiger partial charge in [-0.25, -0.2) is 26.2 Å².